The third-order valence-electron chi connectivity index (χ3n) is 6.18. The predicted octanol–water partition coefficient (Wildman–Crippen LogP) is 2.88. The van der Waals surface area contributed by atoms with Gasteiger partial charge in [0.2, 0.25) is 0 Å². The number of piperidine rings is 1. The van der Waals surface area contributed by atoms with Gasteiger partial charge in [0.25, 0.3) is 0 Å². The summed E-state index contributed by atoms with van der Waals surface area (Å²) >= 11 is 3.94. The minimum atomic E-state index is -2.10. The molecule has 3 rings (SSSR count). The highest BCUT2D eigenvalue weighted by Crippen LogP contribution is 2.27. The Balaban J connectivity index is 1.68. The van der Waals surface area contributed by atoms with Crippen molar-refractivity contribution < 1.29 is 18.3 Å². The largest absolute Gasteiger partial charge is 0.771 e. The quantitative estimate of drug-likeness (QED) is 0.452. The van der Waals surface area contributed by atoms with Crippen LogP contribution in [0.1, 0.15) is 25.3 Å². The van der Waals surface area contributed by atoms with E-state index in [0.29, 0.717) is 30.7 Å². The molecule has 1 aromatic carbocycles. The van der Waals surface area contributed by atoms with Crippen molar-refractivity contribution in [3.8, 4) is 0 Å². The number of carbonyl (C=O) groups is 1. The van der Waals surface area contributed by atoms with Crippen molar-refractivity contribution >= 4 is 28.8 Å². The van der Waals surface area contributed by atoms with E-state index in [0.717, 1.165) is 25.8 Å². The van der Waals surface area contributed by atoms with Gasteiger partial charge in [0.15, 0.2) is 0 Å². The van der Waals surface area contributed by atoms with E-state index in [1.807, 2.05) is 29.2 Å². The van der Waals surface area contributed by atoms with E-state index in [1.165, 1.54) is 5.56 Å². The SMILES string of the molecule is C=CCOC(=O)N1CCC(N2C[C@H](C)N(CS(=O)[O-])C[C@@H]2Cc2ccc(Cl)cc2)CC1. The molecule has 0 bridgehead atoms. The lowest BCUT2D eigenvalue weighted by molar-refractivity contribution is -0.00415. The Hall–Kier alpha value is -1.45. The van der Waals surface area contributed by atoms with Gasteiger partial charge in [-0.3, -0.25) is 14.0 Å². The molecule has 2 aliphatic heterocycles. The van der Waals surface area contributed by atoms with Crippen LogP contribution in [0.2, 0.25) is 5.02 Å². The fourth-order valence-electron chi connectivity index (χ4n) is 4.56. The molecule has 7 nitrogen and oxygen atoms in total. The first-order valence-electron chi connectivity index (χ1n) is 10.7. The Bertz CT molecular complexity index is 771. The molecule has 2 aliphatic rings. The highest BCUT2D eigenvalue weighted by molar-refractivity contribution is 7.79. The molecule has 172 valence electrons. The predicted molar refractivity (Wildman–Crippen MR) is 122 cm³/mol. The lowest BCUT2D eigenvalue weighted by Gasteiger charge is -2.50. The van der Waals surface area contributed by atoms with Crippen molar-refractivity contribution in [2.24, 2.45) is 0 Å². The number of likely N-dealkylation sites (tertiary alicyclic amines) is 1. The van der Waals surface area contributed by atoms with Gasteiger partial charge in [-0.15, -0.1) is 0 Å². The van der Waals surface area contributed by atoms with Crippen LogP contribution < -0.4 is 0 Å². The minimum absolute atomic E-state index is 0.0553. The zero-order chi connectivity index (χ0) is 22.4. The Morgan fingerprint density at radius 2 is 1.97 bits per heavy atom. The second-order valence-corrected chi connectivity index (χ2v) is 9.62. The molecule has 1 aromatic rings. The number of hydrogen-bond acceptors (Lipinski definition) is 6. The first-order chi connectivity index (χ1) is 14.9. The number of benzene rings is 1. The van der Waals surface area contributed by atoms with Crippen LogP contribution >= 0.6 is 11.6 Å². The van der Waals surface area contributed by atoms with Crippen LogP contribution in [-0.4, -0.2) is 86.3 Å². The topological polar surface area (TPSA) is 76.2 Å². The molecule has 2 saturated heterocycles. The van der Waals surface area contributed by atoms with E-state index in [4.69, 9.17) is 16.3 Å². The summed E-state index contributed by atoms with van der Waals surface area (Å²) in [7, 11) is 0. The maximum absolute atomic E-state index is 12.1. The fourth-order valence-corrected chi connectivity index (χ4v) is 5.32. The molecular formula is C22H31ClN3O4S-. The summed E-state index contributed by atoms with van der Waals surface area (Å²) in [6, 6.07) is 8.55. The third kappa shape index (κ3) is 6.76. The van der Waals surface area contributed by atoms with Gasteiger partial charge in [0.05, 0.1) is 5.88 Å². The summed E-state index contributed by atoms with van der Waals surface area (Å²) in [5, 5.41) is 0.706. The highest BCUT2D eigenvalue weighted by Gasteiger charge is 2.37. The summed E-state index contributed by atoms with van der Waals surface area (Å²) in [4.78, 5) is 18.5. The highest BCUT2D eigenvalue weighted by atomic mass is 35.5. The Labute approximate surface area is 192 Å². The zero-order valence-electron chi connectivity index (χ0n) is 18.0. The average Bonchev–Trinajstić information content (AvgIpc) is 2.75. The van der Waals surface area contributed by atoms with Gasteiger partial charge < -0.3 is 14.2 Å². The maximum atomic E-state index is 12.1. The summed E-state index contributed by atoms with van der Waals surface area (Å²) in [6.07, 6.45) is 3.86. The summed E-state index contributed by atoms with van der Waals surface area (Å²) in [6.45, 7) is 8.71. The smallest absolute Gasteiger partial charge is 0.410 e. The fraction of sp³-hybridized carbons (Fsp3) is 0.591. The number of halogens is 1. The van der Waals surface area contributed by atoms with Gasteiger partial charge in [0, 0.05) is 49.3 Å². The normalized spacial score (nSPS) is 24.7. The molecule has 0 N–H and O–H groups in total. The van der Waals surface area contributed by atoms with Crippen LogP contribution in [0.3, 0.4) is 0 Å². The molecule has 1 unspecified atom stereocenters. The minimum Gasteiger partial charge on any atom is -0.771 e. The Morgan fingerprint density at radius 3 is 2.58 bits per heavy atom. The standard InChI is InChI=1S/C22H32ClN3O4S/c1-3-12-30-22(27)24-10-8-20(9-11-24)26-14-17(2)25(16-31(28)29)15-21(26)13-18-4-6-19(23)7-5-18/h3-7,17,20-21H,1,8-16H2,2H3,(H,28,29)/p-1/t17-,21-/m0/s1. The van der Waals surface area contributed by atoms with E-state index >= 15 is 0 Å². The number of ether oxygens (including phenoxy) is 1. The van der Waals surface area contributed by atoms with Crippen molar-refractivity contribution in [1.29, 1.82) is 0 Å². The van der Waals surface area contributed by atoms with Gasteiger partial charge in [-0.25, -0.2) is 4.79 Å². The van der Waals surface area contributed by atoms with Crippen molar-refractivity contribution in [2.75, 3.05) is 38.7 Å². The molecule has 0 spiro atoms. The molecule has 2 heterocycles. The number of piperazine rings is 1. The van der Waals surface area contributed by atoms with Crippen molar-refractivity contribution in [3.05, 3.63) is 47.5 Å². The molecule has 1 amide bonds. The molecule has 0 aliphatic carbocycles. The molecule has 0 radical (unpaired) electrons. The van der Waals surface area contributed by atoms with E-state index in [-0.39, 0.29) is 30.7 Å². The van der Waals surface area contributed by atoms with Crippen molar-refractivity contribution in [2.45, 2.75) is 44.3 Å². The van der Waals surface area contributed by atoms with Crippen LogP contribution in [0.25, 0.3) is 0 Å². The number of rotatable bonds is 7. The first-order valence-corrected chi connectivity index (χ1v) is 12.3. The average molecular weight is 469 g/mol. The number of nitrogens with zero attached hydrogens (tertiary/aromatic N) is 3. The third-order valence-corrected chi connectivity index (χ3v) is 6.98. The van der Waals surface area contributed by atoms with Crippen LogP contribution in [0.5, 0.6) is 0 Å². The lowest BCUT2D eigenvalue weighted by Crippen LogP contribution is -2.62. The molecule has 2 fully saturated rings. The molecule has 3 atom stereocenters. The summed E-state index contributed by atoms with van der Waals surface area (Å²) in [5.74, 6) is 0.0553. The van der Waals surface area contributed by atoms with Crippen LogP contribution in [0.4, 0.5) is 4.79 Å². The lowest BCUT2D eigenvalue weighted by atomic mass is 9.94. The van der Waals surface area contributed by atoms with Gasteiger partial charge in [-0.2, -0.15) is 0 Å². The Kier molecular flexibility index (Phi) is 8.92. The van der Waals surface area contributed by atoms with E-state index in [2.05, 4.69) is 18.4 Å². The van der Waals surface area contributed by atoms with E-state index < -0.39 is 11.1 Å². The number of amides is 1. The summed E-state index contributed by atoms with van der Waals surface area (Å²) < 4.78 is 27.9. The zero-order valence-corrected chi connectivity index (χ0v) is 19.5. The monoisotopic (exact) mass is 468 g/mol. The number of hydrogen-bond donors (Lipinski definition) is 0. The number of carbonyl (C=O) groups excluding carboxylic acids is 1. The van der Waals surface area contributed by atoms with Gasteiger partial charge in [-0.05, 0) is 55.0 Å². The second-order valence-electron chi connectivity index (χ2n) is 8.32. The molecule has 31 heavy (non-hydrogen) atoms. The van der Waals surface area contributed by atoms with Crippen LogP contribution in [-0.2, 0) is 22.2 Å². The van der Waals surface area contributed by atoms with Gasteiger partial charge >= 0.3 is 6.09 Å². The van der Waals surface area contributed by atoms with E-state index in [9.17, 15) is 13.6 Å². The maximum Gasteiger partial charge on any atom is 0.410 e. The molecule has 0 saturated carbocycles. The molecular weight excluding hydrogens is 438 g/mol. The Morgan fingerprint density at radius 1 is 1.29 bits per heavy atom. The molecule has 0 aromatic heterocycles. The van der Waals surface area contributed by atoms with Crippen LogP contribution in [0, 0.1) is 0 Å². The molecule has 9 heteroatoms. The van der Waals surface area contributed by atoms with E-state index in [1.54, 1.807) is 11.0 Å². The van der Waals surface area contributed by atoms with Crippen molar-refractivity contribution in [3.63, 3.8) is 0 Å². The second kappa shape index (κ2) is 11.4. The van der Waals surface area contributed by atoms with Gasteiger partial charge in [-0.1, -0.05) is 36.4 Å². The first kappa shape index (κ1) is 24.2. The van der Waals surface area contributed by atoms with Crippen molar-refractivity contribution in [1.82, 2.24) is 14.7 Å². The summed E-state index contributed by atoms with van der Waals surface area (Å²) in [5.41, 5.74) is 1.18. The van der Waals surface area contributed by atoms with Gasteiger partial charge in [0.1, 0.15) is 6.61 Å². The van der Waals surface area contributed by atoms with Crippen LogP contribution in [0.15, 0.2) is 36.9 Å².